The van der Waals surface area contributed by atoms with Crippen molar-refractivity contribution >= 4 is 27.7 Å². The second-order valence-electron chi connectivity index (χ2n) is 3.95. The SMILES string of the molecule is CC1C(=O)NCCN1C(=O)c1ccccc1Br. The number of nitrogens with zero attached hydrogens (tertiary/aromatic N) is 1. The van der Waals surface area contributed by atoms with Crippen molar-refractivity contribution in [1.82, 2.24) is 10.2 Å². The standard InChI is InChI=1S/C12H13BrN2O2/c1-8-11(16)14-6-7-15(8)12(17)9-4-2-3-5-10(9)13/h2-5,8H,6-7H2,1H3,(H,14,16). The molecule has 0 aliphatic carbocycles. The molecule has 2 rings (SSSR count). The lowest BCUT2D eigenvalue weighted by molar-refractivity contribution is -0.127. The molecule has 1 aliphatic heterocycles. The molecule has 17 heavy (non-hydrogen) atoms. The summed E-state index contributed by atoms with van der Waals surface area (Å²) in [5.41, 5.74) is 0.592. The third kappa shape index (κ3) is 2.34. The van der Waals surface area contributed by atoms with Crippen molar-refractivity contribution in [1.29, 1.82) is 0 Å². The molecule has 4 nitrogen and oxygen atoms in total. The summed E-state index contributed by atoms with van der Waals surface area (Å²) in [6, 6.07) is 6.83. The third-order valence-corrected chi connectivity index (χ3v) is 3.56. The number of nitrogens with one attached hydrogen (secondary N) is 1. The van der Waals surface area contributed by atoms with Gasteiger partial charge in [0.2, 0.25) is 5.91 Å². The monoisotopic (exact) mass is 296 g/mol. The van der Waals surface area contributed by atoms with Crippen LogP contribution in [-0.2, 0) is 4.79 Å². The van der Waals surface area contributed by atoms with Crippen LogP contribution in [0.3, 0.4) is 0 Å². The number of carbonyl (C=O) groups excluding carboxylic acids is 2. The van der Waals surface area contributed by atoms with Gasteiger partial charge in [0.15, 0.2) is 0 Å². The van der Waals surface area contributed by atoms with E-state index in [-0.39, 0.29) is 11.8 Å². The van der Waals surface area contributed by atoms with Crippen molar-refractivity contribution in [3.05, 3.63) is 34.3 Å². The zero-order chi connectivity index (χ0) is 12.4. The summed E-state index contributed by atoms with van der Waals surface area (Å²) in [5, 5.41) is 2.74. The highest BCUT2D eigenvalue weighted by atomic mass is 79.9. The topological polar surface area (TPSA) is 49.4 Å². The highest BCUT2D eigenvalue weighted by molar-refractivity contribution is 9.10. The lowest BCUT2D eigenvalue weighted by Crippen LogP contribution is -2.55. The first-order chi connectivity index (χ1) is 8.11. The smallest absolute Gasteiger partial charge is 0.255 e. The van der Waals surface area contributed by atoms with E-state index < -0.39 is 6.04 Å². The van der Waals surface area contributed by atoms with Gasteiger partial charge in [0, 0.05) is 17.6 Å². The number of amides is 2. The molecule has 1 saturated heterocycles. The highest BCUT2D eigenvalue weighted by Crippen LogP contribution is 2.19. The van der Waals surface area contributed by atoms with Crippen molar-refractivity contribution < 1.29 is 9.59 Å². The van der Waals surface area contributed by atoms with Gasteiger partial charge in [-0.1, -0.05) is 12.1 Å². The summed E-state index contributed by atoms with van der Waals surface area (Å²) in [4.78, 5) is 25.4. The molecule has 1 N–H and O–H groups in total. The lowest BCUT2D eigenvalue weighted by Gasteiger charge is -2.33. The first kappa shape index (κ1) is 12.1. The number of rotatable bonds is 1. The predicted octanol–water partition coefficient (Wildman–Crippen LogP) is 1.41. The molecule has 1 aromatic rings. The van der Waals surface area contributed by atoms with Gasteiger partial charge in [-0.25, -0.2) is 0 Å². The van der Waals surface area contributed by atoms with Gasteiger partial charge in [-0.3, -0.25) is 9.59 Å². The average molecular weight is 297 g/mol. The van der Waals surface area contributed by atoms with Crippen molar-refractivity contribution in [2.75, 3.05) is 13.1 Å². The highest BCUT2D eigenvalue weighted by Gasteiger charge is 2.30. The average Bonchev–Trinajstić information content (AvgIpc) is 2.32. The second kappa shape index (κ2) is 4.87. The zero-order valence-electron chi connectivity index (χ0n) is 9.44. The minimum atomic E-state index is -0.414. The molecule has 5 heteroatoms. The second-order valence-corrected chi connectivity index (χ2v) is 4.80. The van der Waals surface area contributed by atoms with Crippen LogP contribution in [0.5, 0.6) is 0 Å². The Kier molecular flexibility index (Phi) is 3.47. The largest absolute Gasteiger partial charge is 0.353 e. The summed E-state index contributed by atoms with van der Waals surface area (Å²) in [7, 11) is 0. The van der Waals surface area contributed by atoms with Gasteiger partial charge in [0.05, 0.1) is 5.56 Å². The summed E-state index contributed by atoms with van der Waals surface area (Å²) in [6.45, 7) is 2.80. The Bertz CT molecular complexity index is 462. The summed E-state index contributed by atoms with van der Waals surface area (Å²) >= 11 is 3.35. The van der Waals surface area contributed by atoms with E-state index in [0.717, 1.165) is 4.47 Å². The van der Waals surface area contributed by atoms with E-state index in [9.17, 15) is 9.59 Å². The quantitative estimate of drug-likeness (QED) is 0.852. The predicted molar refractivity (Wildman–Crippen MR) is 67.7 cm³/mol. The van der Waals surface area contributed by atoms with Gasteiger partial charge in [-0.15, -0.1) is 0 Å². The van der Waals surface area contributed by atoms with Crippen molar-refractivity contribution in [3.63, 3.8) is 0 Å². The summed E-state index contributed by atoms with van der Waals surface area (Å²) in [6.07, 6.45) is 0. The van der Waals surface area contributed by atoms with Crippen LogP contribution in [-0.4, -0.2) is 35.8 Å². The van der Waals surface area contributed by atoms with Gasteiger partial charge < -0.3 is 10.2 Å². The number of hydrogen-bond donors (Lipinski definition) is 1. The first-order valence-electron chi connectivity index (χ1n) is 5.44. The Labute approximate surface area is 108 Å². The maximum absolute atomic E-state index is 12.3. The molecule has 1 heterocycles. The Balaban J connectivity index is 2.26. The molecule has 1 fully saturated rings. The van der Waals surface area contributed by atoms with E-state index in [2.05, 4.69) is 21.2 Å². The van der Waals surface area contributed by atoms with Crippen LogP contribution >= 0.6 is 15.9 Å². The van der Waals surface area contributed by atoms with Crippen LogP contribution in [0.1, 0.15) is 17.3 Å². The number of halogens is 1. The Hall–Kier alpha value is -1.36. The van der Waals surface area contributed by atoms with Crippen LogP contribution in [0, 0.1) is 0 Å². The zero-order valence-corrected chi connectivity index (χ0v) is 11.0. The summed E-state index contributed by atoms with van der Waals surface area (Å²) < 4.78 is 0.753. The van der Waals surface area contributed by atoms with Crippen LogP contribution in [0.4, 0.5) is 0 Å². The minimum absolute atomic E-state index is 0.100. The van der Waals surface area contributed by atoms with Crippen molar-refractivity contribution in [2.24, 2.45) is 0 Å². The number of benzene rings is 1. The van der Waals surface area contributed by atoms with E-state index in [1.54, 1.807) is 17.9 Å². The molecule has 1 aliphatic rings. The Morgan fingerprint density at radius 3 is 2.88 bits per heavy atom. The minimum Gasteiger partial charge on any atom is -0.353 e. The number of carbonyl (C=O) groups is 2. The summed E-state index contributed by atoms with van der Waals surface area (Å²) in [5.74, 6) is -0.212. The van der Waals surface area contributed by atoms with Gasteiger partial charge >= 0.3 is 0 Å². The molecule has 1 aromatic carbocycles. The van der Waals surface area contributed by atoms with Gasteiger partial charge in [0.25, 0.3) is 5.91 Å². The molecule has 0 bridgehead atoms. The molecular formula is C12H13BrN2O2. The first-order valence-corrected chi connectivity index (χ1v) is 6.24. The van der Waals surface area contributed by atoms with Crippen molar-refractivity contribution in [3.8, 4) is 0 Å². The van der Waals surface area contributed by atoms with Gasteiger partial charge in [-0.2, -0.15) is 0 Å². The fourth-order valence-electron chi connectivity index (χ4n) is 1.85. The van der Waals surface area contributed by atoms with Crippen molar-refractivity contribution in [2.45, 2.75) is 13.0 Å². The number of piperazine rings is 1. The van der Waals surface area contributed by atoms with E-state index in [1.165, 1.54) is 0 Å². The van der Waals surface area contributed by atoms with Gasteiger partial charge in [-0.05, 0) is 35.0 Å². The van der Waals surface area contributed by atoms with Crippen LogP contribution < -0.4 is 5.32 Å². The lowest BCUT2D eigenvalue weighted by atomic mass is 10.1. The molecule has 0 aromatic heterocycles. The fraction of sp³-hybridized carbons (Fsp3) is 0.333. The molecule has 0 radical (unpaired) electrons. The Morgan fingerprint density at radius 2 is 2.18 bits per heavy atom. The van der Waals surface area contributed by atoms with E-state index >= 15 is 0 Å². The molecule has 1 atom stereocenters. The van der Waals surface area contributed by atoms with Crippen LogP contribution in [0.15, 0.2) is 28.7 Å². The normalized spacial score (nSPS) is 20.0. The molecule has 0 spiro atoms. The molecule has 90 valence electrons. The van der Waals surface area contributed by atoms with Crippen LogP contribution in [0.25, 0.3) is 0 Å². The van der Waals surface area contributed by atoms with E-state index in [4.69, 9.17) is 0 Å². The van der Waals surface area contributed by atoms with E-state index in [1.807, 2.05) is 18.2 Å². The maximum Gasteiger partial charge on any atom is 0.255 e. The molecule has 0 saturated carbocycles. The van der Waals surface area contributed by atoms with E-state index in [0.29, 0.717) is 18.7 Å². The Morgan fingerprint density at radius 1 is 1.47 bits per heavy atom. The third-order valence-electron chi connectivity index (χ3n) is 2.86. The molecular weight excluding hydrogens is 284 g/mol. The maximum atomic E-state index is 12.3. The molecule has 2 amide bonds. The van der Waals surface area contributed by atoms with Crippen LogP contribution in [0.2, 0.25) is 0 Å². The van der Waals surface area contributed by atoms with Gasteiger partial charge in [0.1, 0.15) is 6.04 Å². The number of hydrogen-bond acceptors (Lipinski definition) is 2. The fourth-order valence-corrected chi connectivity index (χ4v) is 2.30. The molecule has 1 unspecified atom stereocenters.